The molecular formula is C19H29N3O3. The lowest BCUT2D eigenvalue weighted by Crippen LogP contribution is -2.54. The van der Waals surface area contributed by atoms with Gasteiger partial charge in [-0.05, 0) is 56.6 Å². The van der Waals surface area contributed by atoms with Crippen LogP contribution in [0.4, 0.5) is 0 Å². The summed E-state index contributed by atoms with van der Waals surface area (Å²) in [6.45, 7) is 6.02. The van der Waals surface area contributed by atoms with E-state index in [2.05, 4.69) is 22.1 Å². The fourth-order valence-electron chi connectivity index (χ4n) is 3.64. The largest absolute Gasteiger partial charge is 0.481 e. The van der Waals surface area contributed by atoms with Crippen LogP contribution in [0.3, 0.4) is 0 Å². The van der Waals surface area contributed by atoms with Gasteiger partial charge in [0.15, 0.2) is 0 Å². The number of carbonyl (C=O) groups is 1. The number of hydrogen-bond acceptors (Lipinski definition) is 5. The molecule has 0 amide bonds. The molecule has 138 valence electrons. The van der Waals surface area contributed by atoms with Crippen molar-refractivity contribution < 1.29 is 14.6 Å². The molecule has 2 saturated carbocycles. The summed E-state index contributed by atoms with van der Waals surface area (Å²) in [6, 6.07) is 2.84. The third-order valence-electron chi connectivity index (χ3n) is 5.46. The third kappa shape index (κ3) is 4.70. The number of aryl methyl sites for hydroxylation is 2. The number of carboxylic acids is 1. The highest BCUT2D eigenvalue weighted by molar-refractivity contribution is 5.69. The highest BCUT2D eigenvalue weighted by Gasteiger charge is 2.36. The molecular weight excluding hydrogens is 318 g/mol. The predicted octanol–water partition coefficient (Wildman–Crippen LogP) is 2.12. The Balaban J connectivity index is 1.49. The Morgan fingerprint density at radius 2 is 2.12 bits per heavy atom. The van der Waals surface area contributed by atoms with Crippen molar-refractivity contribution >= 4 is 5.97 Å². The van der Waals surface area contributed by atoms with E-state index in [-0.39, 0.29) is 6.54 Å². The minimum absolute atomic E-state index is 0.175. The zero-order valence-electron chi connectivity index (χ0n) is 15.4. The van der Waals surface area contributed by atoms with E-state index < -0.39 is 5.97 Å². The lowest BCUT2D eigenvalue weighted by Gasteiger charge is -2.43. The summed E-state index contributed by atoms with van der Waals surface area (Å²) in [4.78, 5) is 17.7. The molecule has 0 aromatic carbocycles. The van der Waals surface area contributed by atoms with Crippen LogP contribution in [-0.4, -0.2) is 53.2 Å². The number of methoxy groups -OCH3 is 1. The minimum atomic E-state index is -0.715. The van der Waals surface area contributed by atoms with Gasteiger partial charge in [-0.1, -0.05) is 0 Å². The molecule has 0 bridgehead atoms. The smallest absolute Gasteiger partial charge is 0.317 e. The Morgan fingerprint density at radius 1 is 1.40 bits per heavy atom. The summed E-state index contributed by atoms with van der Waals surface area (Å²) in [6.07, 6.45) is 4.57. The monoisotopic (exact) mass is 347 g/mol. The summed E-state index contributed by atoms with van der Waals surface area (Å²) >= 11 is 0. The molecule has 0 unspecified atom stereocenters. The van der Waals surface area contributed by atoms with E-state index in [1.165, 1.54) is 24.0 Å². The second-order valence-corrected chi connectivity index (χ2v) is 7.52. The van der Waals surface area contributed by atoms with Crippen molar-refractivity contribution in [1.29, 1.82) is 0 Å². The van der Waals surface area contributed by atoms with Crippen LogP contribution in [-0.2, 0) is 11.3 Å². The quantitative estimate of drug-likeness (QED) is 0.713. The van der Waals surface area contributed by atoms with E-state index in [9.17, 15) is 4.79 Å². The van der Waals surface area contributed by atoms with Gasteiger partial charge in [0.25, 0.3) is 0 Å². The van der Waals surface area contributed by atoms with Crippen molar-refractivity contribution in [2.24, 2.45) is 5.92 Å². The van der Waals surface area contributed by atoms with Gasteiger partial charge < -0.3 is 15.2 Å². The Bertz CT molecular complexity index is 601. The van der Waals surface area contributed by atoms with Crippen molar-refractivity contribution in [3.05, 3.63) is 22.9 Å². The molecule has 25 heavy (non-hydrogen) atoms. The maximum absolute atomic E-state index is 11.1. The van der Waals surface area contributed by atoms with Crippen molar-refractivity contribution in [2.75, 3.05) is 20.2 Å². The fourth-order valence-corrected chi connectivity index (χ4v) is 3.64. The van der Waals surface area contributed by atoms with E-state index in [1.807, 2.05) is 13.0 Å². The van der Waals surface area contributed by atoms with Crippen LogP contribution in [0.1, 0.15) is 42.5 Å². The standard InChI is InChI=1S/C19H29N3O3/c1-12-6-18(25-3)21-13(2)17(12)9-20-15-7-16(8-15)22(11-19(23)24)10-14-4-5-14/h6,14-16,20H,4-5,7-11H2,1-3H3,(H,23,24). The molecule has 0 radical (unpaired) electrons. The van der Waals surface area contributed by atoms with Crippen molar-refractivity contribution in [3.63, 3.8) is 0 Å². The highest BCUT2D eigenvalue weighted by Crippen LogP contribution is 2.34. The summed E-state index contributed by atoms with van der Waals surface area (Å²) in [5.41, 5.74) is 3.42. The number of rotatable bonds is 9. The molecule has 0 saturated heterocycles. The molecule has 2 aliphatic rings. The van der Waals surface area contributed by atoms with Gasteiger partial charge >= 0.3 is 5.97 Å². The SMILES string of the molecule is COc1cc(C)c(CNC2CC(N(CC(=O)O)CC3CC3)C2)c(C)n1. The molecule has 2 aliphatic carbocycles. The number of carboxylic acid groups (broad SMARTS) is 1. The van der Waals surface area contributed by atoms with Gasteiger partial charge in [-0.2, -0.15) is 0 Å². The van der Waals surface area contributed by atoms with Gasteiger partial charge in [0.1, 0.15) is 0 Å². The Hall–Kier alpha value is -1.66. The molecule has 3 rings (SSSR count). The molecule has 0 aliphatic heterocycles. The van der Waals surface area contributed by atoms with Crippen LogP contribution in [0.25, 0.3) is 0 Å². The number of ether oxygens (including phenoxy) is 1. The van der Waals surface area contributed by atoms with Crippen molar-refractivity contribution in [3.8, 4) is 5.88 Å². The number of nitrogens with one attached hydrogen (secondary N) is 1. The predicted molar refractivity (Wildman–Crippen MR) is 95.8 cm³/mol. The third-order valence-corrected chi connectivity index (χ3v) is 5.46. The first-order valence-corrected chi connectivity index (χ1v) is 9.16. The van der Waals surface area contributed by atoms with E-state index in [0.717, 1.165) is 37.5 Å². The van der Waals surface area contributed by atoms with Gasteiger partial charge in [-0.15, -0.1) is 0 Å². The van der Waals surface area contributed by atoms with Crippen LogP contribution in [0.5, 0.6) is 5.88 Å². The molecule has 6 heteroatoms. The summed E-state index contributed by atoms with van der Waals surface area (Å²) in [7, 11) is 1.64. The average molecular weight is 347 g/mol. The number of hydrogen-bond donors (Lipinski definition) is 2. The molecule has 1 aromatic heterocycles. The summed E-state index contributed by atoms with van der Waals surface area (Å²) in [5.74, 6) is 0.668. The first-order chi connectivity index (χ1) is 12.0. The number of pyridine rings is 1. The maximum Gasteiger partial charge on any atom is 0.317 e. The van der Waals surface area contributed by atoms with Gasteiger partial charge in [0.05, 0.1) is 13.7 Å². The molecule has 2 N–H and O–H groups in total. The highest BCUT2D eigenvalue weighted by atomic mass is 16.5. The average Bonchev–Trinajstić information content (AvgIpc) is 3.30. The van der Waals surface area contributed by atoms with Crippen molar-refractivity contribution in [2.45, 2.75) is 58.2 Å². The molecule has 1 heterocycles. The number of nitrogens with zero attached hydrogens (tertiary/aromatic N) is 2. The Morgan fingerprint density at radius 3 is 2.68 bits per heavy atom. The van der Waals surface area contributed by atoms with Gasteiger partial charge in [-0.3, -0.25) is 9.69 Å². The normalized spacial score (nSPS) is 22.7. The van der Waals surface area contributed by atoms with Crippen LogP contribution in [0.15, 0.2) is 6.07 Å². The molecule has 6 nitrogen and oxygen atoms in total. The lowest BCUT2D eigenvalue weighted by atomic mass is 9.85. The lowest BCUT2D eigenvalue weighted by molar-refractivity contribution is -0.139. The zero-order valence-corrected chi connectivity index (χ0v) is 15.4. The second kappa shape index (κ2) is 7.70. The summed E-state index contributed by atoms with van der Waals surface area (Å²) < 4.78 is 5.21. The van der Waals surface area contributed by atoms with Crippen LogP contribution in [0, 0.1) is 19.8 Å². The zero-order chi connectivity index (χ0) is 18.0. The van der Waals surface area contributed by atoms with E-state index in [0.29, 0.717) is 18.0 Å². The van der Waals surface area contributed by atoms with E-state index >= 15 is 0 Å². The minimum Gasteiger partial charge on any atom is -0.481 e. The van der Waals surface area contributed by atoms with Crippen molar-refractivity contribution in [1.82, 2.24) is 15.2 Å². The fraction of sp³-hybridized carbons (Fsp3) is 0.684. The van der Waals surface area contributed by atoms with Gasteiger partial charge in [-0.25, -0.2) is 4.98 Å². The van der Waals surface area contributed by atoms with Crippen LogP contribution < -0.4 is 10.1 Å². The van der Waals surface area contributed by atoms with Gasteiger partial charge in [0, 0.05) is 36.9 Å². The molecule has 0 atom stereocenters. The summed E-state index contributed by atoms with van der Waals surface area (Å²) in [5, 5.41) is 12.7. The number of aromatic nitrogens is 1. The van der Waals surface area contributed by atoms with Crippen LogP contribution >= 0.6 is 0 Å². The first-order valence-electron chi connectivity index (χ1n) is 9.16. The van der Waals surface area contributed by atoms with E-state index in [4.69, 9.17) is 9.84 Å². The van der Waals surface area contributed by atoms with Crippen LogP contribution in [0.2, 0.25) is 0 Å². The Labute approximate surface area is 149 Å². The van der Waals surface area contributed by atoms with Gasteiger partial charge in [0.2, 0.25) is 5.88 Å². The Kier molecular flexibility index (Phi) is 5.59. The first kappa shape index (κ1) is 18.1. The van der Waals surface area contributed by atoms with E-state index in [1.54, 1.807) is 7.11 Å². The molecule has 2 fully saturated rings. The number of aliphatic carboxylic acids is 1. The maximum atomic E-state index is 11.1. The molecule has 0 spiro atoms. The second-order valence-electron chi connectivity index (χ2n) is 7.52. The molecule has 1 aromatic rings. The topological polar surface area (TPSA) is 74.7 Å².